The van der Waals surface area contributed by atoms with Gasteiger partial charge in [0.2, 0.25) is 0 Å². The Morgan fingerprint density at radius 3 is 2.44 bits per heavy atom. The summed E-state index contributed by atoms with van der Waals surface area (Å²) in [4.78, 5) is 28.4. The van der Waals surface area contributed by atoms with Gasteiger partial charge in [-0.1, -0.05) is 75.5 Å². The second-order valence-electron chi connectivity index (χ2n) is 23.1. The Balaban J connectivity index is 1.11. The van der Waals surface area contributed by atoms with Crippen LogP contribution in [-0.4, -0.2) is 91.3 Å². The van der Waals surface area contributed by atoms with Crippen LogP contribution in [0.5, 0.6) is 0 Å². The average Bonchev–Trinajstić information content (AvgIpc) is 4.08. The zero-order valence-corrected chi connectivity index (χ0v) is 37.3. The molecule has 16 atom stereocenters. The fraction of sp³-hybridized carbons (Fsp3) is 0.774. The summed E-state index contributed by atoms with van der Waals surface area (Å²) in [7, 11) is 0. The minimum absolute atomic E-state index is 0.0927. The van der Waals surface area contributed by atoms with Gasteiger partial charge in [0.25, 0.3) is 0 Å². The van der Waals surface area contributed by atoms with Crippen molar-refractivity contribution in [3.8, 4) is 11.8 Å². The number of rotatable bonds is 6. The van der Waals surface area contributed by atoms with E-state index < -0.39 is 74.4 Å². The number of aliphatic hydroxyl groups is 6. The highest BCUT2D eigenvalue weighted by Gasteiger charge is 2.86. The Hall–Kier alpha value is -2.62. The van der Waals surface area contributed by atoms with Gasteiger partial charge in [0.1, 0.15) is 18.0 Å². The molecule has 7 N–H and O–H groups in total. The number of carbonyl (C=O) groups excluding carboxylic acids is 2. The lowest BCUT2D eigenvalue weighted by Crippen LogP contribution is -2.82. The van der Waals surface area contributed by atoms with Gasteiger partial charge in [-0.2, -0.15) is 0 Å². The van der Waals surface area contributed by atoms with Crippen LogP contribution in [0.15, 0.2) is 35.9 Å². The number of esters is 1. The van der Waals surface area contributed by atoms with Gasteiger partial charge in [0.05, 0.1) is 36.1 Å². The zero-order valence-electron chi connectivity index (χ0n) is 37.3. The molecule has 0 saturated heterocycles. The lowest BCUT2D eigenvalue weighted by molar-refractivity contribution is -0.358. The molecule has 9 aliphatic carbocycles. The summed E-state index contributed by atoms with van der Waals surface area (Å²) in [6.45, 7) is 1.71. The summed E-state index contributed by atoms with van der Waals surface area (Å²) in [5.41, 5.74) is -7.00. The van der Waals surface area contributed by atoms with E-state index in [0.717, 1.165) is 49.5 Å². The number of aliphatic hydroxyl groups excluding tert-OH is 3. The first-order valence-corrected chi connectivity index (χ1v) is 25.1. The highest BCUT2D eigenvalue weighted by Crippen LogP contribution is 2.82. The van der Waals surface area contributed by atoms with E-state index in [-0.39, 0.29) is 50.0 Å². The fourth-order valence-electron chi connectivity index (χ4n) is 19.2. The second-order valence-corrected chi connectivity index (χ2v) is 23.1. The van der Waals surface area contributed by atoms with Crippen LogP contribution < -0.4 is 5.32 Å². The maximum atomic E-state index is 14.7. The summed E-state index contributed by atoms with van der Waals surface area (Å²) < 4.78 is 6.27. The summed E-state index contributed by atoms with van der Waals surface area (Å²) >= 11 is 0. The molecule has 342 valence electrons. The molecule has 11 rings (SSSR count). The number of aldehydes is 1. The molecule has 0 aromatic heterocycles. The van der Waals surface area contributed by atoms with E-state index in [1.165, 1.54) is 25.7 Å². The molecular formula is C53H71NO9. The van der Waals surface area contributed by atoms with Gasteiger partial charge >= 0.3 is 5.97 Å². The Bertz CT molecular complexity index is 2100. The van der Waals surface area contributed by atoms with Gasteiger partial charge in [-0.15, -0.1) is 0 Å². The summed E-state index contributed by atoms with van der Waals surface area (Å²) in [6, 6.07) is 7.66. The smallest absolute Gasteiger partial charge is 0.331 e. The van der Waals surface area contributed by atoms with Crippen molar-refractivity contribution < 1.29 is 45.0 Å². The number of ether oxygens (including phenoxy) is 1. The monoisotopic (exact) mass is 866 g/mol. The van der Waals surface area contributed by atoms with Gasteiger partial charge in [-0.05, 0) is 136 Å². The third-order valence-corrected chi connectivity index (χ3v) is 21.7. The second kappa shape index (κ2) is 14.9. The molecular weight excluding hydrogens is 795 g/mol. The number of hydrogen-bond acceptors (Lipinski definition) is 10. The van der Waals surface area contributed by atoms with Crippen LogP contribution in [-0.2, 0) is 20.7 Å². The van der Waals surface area contributed by atoms with E-state index in [0.29, 0.717) is 75.2 Å². The maximum Gasteiger partial charge on any atom is 0.331 e. The molecule has 1 aromatic rings. The first kappa shape index (κ1) is 43.0. The van der Waals surface area contributed by atoms with Gasteiger partial charge in [0, 0.05) is 52.7 Å². The van der Waals surface area contributed by atoms with Crippen molar-refractivity contribution in [2.24, 2.45) is 69.0 Å². The molecule has 10 heteroatoms. The zero-order chi connectivity index (χ0) is 43.8. The van der Waals surface area contributed by atoms with E-state index in [1.807, 2.05) is 18.2 Å². The van der Waals surface area contributed by atoms with Gasteiger partial charge in [0.15, 0.2) is 0 Å². The number of benzene rings is 1. The van der Waals surface area contributed by atoms with E-state index in [9.17, 15) is 40.2 Å². The van der Waals surface area contributed by atoms with E-state index in [1.54, 1.807) is 6.08 Å². The summed E-state index contributed by atoms with van der Waals surface area (Å²) in [5, 5.41) is 81.7. The molecule has 63 heavy (non-hydrogen) atoms. The normalized spacial score (nSPS) is 48.7. The average molecular weight is 866 g/mol. The van der Waals surface area contributed by atoms with E-state index in [2.05, 4.69) is 30.1 Å². The summed E-state index contributed by atoms with van der Waals surface area (Å²) in [5.74, 6) is 5.04. The predicted molar refractivity (Wildman–Crippen MR) is 234 cm³/mol. The number of fused-ring (bicyclic) bond motifs is 7. The van der Waals surface area contributed by atoms with Crippen LogP contribution in [0.4, 0.5) is 0 Å². The number of carbonyl (C=O) groups is 2. The van der Waals surface area contributed by atoms with E-state index in [4.69, 9.17) is 4.74 Å². The molecule has 8 saturated carbocycles. The molecule has 10 nitrogen and oxygen atoms in total. The van der Waals surface area contributed by atoms with Crippen molar-refractivity contribution in [1.82, 2.24) is 5.32 Å². The largest absolute Gasteiger partial charge is 0.454 e. The molecule has 4 bridgehead atoms. The van der Waals surface area contributed by atoms with Crippen LogP contribution in [0.1, 0.15) is 140 Å². The Morgan fingerprint density at radius 2 is 1.70 bits per heavy atom. The van der Waals surface area contributed by atoms with Crippen molar-refractivity contribution in [1.29, 1.82) is 0 Å². The summed E-state index contributed by atoms with van der Waals surface area (Å²) in [6.07, 6.45) is 14.4. The molecule has 8 fully saturated rings. The third-order valence-electron chi connectivity index (χ3n) is 21.7. The molecule has 1 heterocycles. The molecule has 1 aromatic carbocycles. The fourth-order valence-corrected chi connectivity index (χ4v) is 19.2. The number of hydrogen-bond donors (Lipinski definition) is 7. The van der Waals surface area contributed by atoms with E-state index >= 15 is 0 Å². The van der Waals surface area contributed by atoms with Gasteiger partial charge in [-0.25, -0.2) is 4.79 Å². The lowest BCUT2D eigenvalue weighted by Gasteiger charge is -2.74. The quantitative estimate of drug-likeness (QED) is 0.0836. The third kappa shape index (κ3) is 5.39. The molecule has 10 aliphatic rings. The maximum absolute atomic E-state index is 14.7. The lowest BCUT2D eigenvalue weighted by atomic mass is 9.33. The molecule has 0 amide bonds. The molecule has 0 radical (unpaired) electrons. The van der Waals surface area contributed by atoms with Crippen molar-refractivity contribution in [2.45, 2.75) is 170 Å². The van der Waals surface area contributed by atoms with Crippen LogP contribution in [0.25, 0.3) is 0 Å². The standard InChI is InChI=1S/C53H71NO9/c1-32(33-10-2-3-11-33)35-15-16-40-46(59)47(18-8-9-19-47)28-48(29-55)43-17-21-49-20-7-6-13-34-12-4-5-14-36(34)23-42(54-31-57)39-24-37(50(49,30-56)41-25-44(58)63-45(39)41)27-52(49,61)51(43,60)26-38(22-35)53(40,48)62/h4-5,12,14,25,29,32-33,35,37-40,42-43,45-46,54,56-57,59-62H,2-3,7-11,15-24,26-28,30-31H2,1H3. The van der Waals surface area contributed by atoms with Crippen molar-refractivity contribution in [3.63, 3.8) is 0 Å². The van der Waals surface area contributed by atoms with Crippen molar-refractivity contribution >= 4 is 12.3 Å². The predicted octanol–water partition coefficient (Wildman–Crippen LogP) is 5.52. The molecule has 2 spiro atoms. The first-order valence-electron chi connectivity index (χ1n) is 25.1. The minimum Gasteiger partial charge on any atom is -0.454 e. The highest BCUT2D eigenvalue weighted by atomic mass is 16.5. The van der Waals surface area contributed by atoms with Gasteiger partial charge in [-0.3, -0.25) is 5.32 Å². The Labute approximate surface area is 373 Å². The van der Waals surface area contributed by atoms with Crippen molar-refractivity contribution in [2.75, 3.05) is 13.3 Å². The van der Waals surface area contributed by atoms with Crippen LogP contribution in [0.3, 0.4) is 0 Å². The van der Waals surface area contributed by atoms with Crippen LogP contribution in [0.2, 0.25) is 0 Å². The highest BCUT2D eigenvalue weighted by molar-refractivity contribution is 5.87. The Morgan fingerprint density at radius 1 is 0.921 bits per heavy atom. The van der Waals surface area contributed by atoms with Crippen LogP contribution >= 0.6 is 0 Å². The first-order chi connectivity index (χ1) is 30.3. The van der Waals surface area contributed by atoms with Crippen molar-refractivity contribution in [3.05, 3.63) is 47.0 Å². The topological polar surface area (TPSA) is 177 Å². The SMILES string of the molecule is CC(C1CCCC1)C1CCC2C(O)C3(CCCC3)CC3(C=O)C4CCC56CCC#Cc7ccccc7CC(NCO)C7CC(CC5(O)C4(O)CC(C1)C23O)C6(CO)C1=CC(=O)OC17. The molecule has 1 aliphatic heterocycles. The number of nitrogens with one attached hydrogen (secondary N) is 1. The molecule has 16 unspecified atom stereocenters. The van der Waals surface area contributed by atoms with Crippen LogP contribution in [0, 0.1) is 80.8 Å². The van der Waals surface area contributed by atoms with Gasteiger partial charge < -0.3 is 40.2 Å². The minimum atomic E-state index is -1.85. The Kier molecular flexibility index (Phi) is 10.2.